The summed E-state index contributed by atoms with van der Waals surface area (Å²) >= 11 is 0. The van der Waals surface area contributed by atoms with E-state index in [0.717, 1.165) is 0 Å². The number of aromatic nitrogens is 2. The summed E-state index contributed by atoms with van der Waals surface area (Å²) in [6.07, 6.45) is -3.23. The number of nitrogens with one attached hydrogen (secondary N) is 1. The number of hydrogen-bond acceptors (Lipinski definition) is 2. The average molecular weight is 337 g/mol. The van der Waals surface area contributed by atoms with Gasteiger partial charge in [-0.3, -0.25) is 4.79 Å². The van der Waals surface area contributed by atoms with Gasteiger partial charge in [0.1, 0.15) is 5.82 Å². The summed E-state index contributed by atoms with van der Waals surface area (Å²) in [4.78, 5) is 16.3. The van der Waals surface area contributed by atoms with E-state index in [1.165, 1.54) is 6.20 Å². The Bertz CT molecular complexity index is 770. The highest BCUT2D eigenvalue weighted by atomic mass is 19.4. The molecule has 0 radical (unpaired) electrons. The molecule has 0 spiro atoms. The van der Waals surface area contributed by atoms with E-state index < -0.39 is 11.9 Å². The van der Waals surface area contributed by atoms with Crippen LogP contribution in [0, 0.1) is 40.9 Å². The fourth-order valence-electron chi connectivity index (χ4n) is 7.89. The van der Waals surface area contributed by atoms with Gasteiger partial charge < -0.3 is 9.88 Å². The van der Waals surface area contributed by atoms with Gasteiger partial charge in [-0.2, -0.15) is 13.2 Å². The molecule has 4 nitrogen and oxygen atoms in total. The van der Waals surface area contributed by atoms with E-state index >= 15 is 0 Å². The summed E-state index contributed by atoms with van der Waals surface area (Å²) in [5.74, 6) is 3.13. The van der Waals surface area contributed by atoms with Crippen molar-refractivity contribution >= 4 is 5.91 Å². The van der Waals surface area contributed by atoms with Crippen LogP contribution in [-0.2, 0) is 16.4 Å². The van der Waals surface area contributed by atoms with Crippen molar-refractivity contribution in [3.05, 3.63) is 17.7 Å². The molecule has 0 aromatic carbocycles. The number of rotatable bonds is 3. The van der Waals surface area contributed by atoms with Crippen molar-refractivity contribution in [1.82, 2.24) is 14.9 Å². The Kier molecular flexibility index (Phi) is 1.87. The highest BCUT2D eigenvalue weighted by molar-refractivity contribution is 5.93. The molecule has 6 aliphatic carbocycles. The maximum absolute atomic E-state index is 13.2. The number of amides is 1. The third kappa shape index (κ3) is 0.869. The average Bonchev–Trinajstić information content (AvgIpc) is 2.99. The molecule has 1 heterocycles. The van der Waals surface area contributed by atoms with Crippen LogP contribution in [0.1, 0.15) is 31.4 Å². The van der Waals surface area contributed by atoms with Crippen molar-refractivity contribution in [2.75, 3.05) is 7.05 Å². The first-order valence-electron chi connectivity index (χ1n) is 8.63. The maximum Gasteiger partial charge on any atom is 0.434 e. The van der Waals surface area contributed by atoms with Crippen LogP contribution in [0.2, 0.25) is 0 Å². The molecule has 7 heteroatoms. The topological polar surface area (TPSA) is 46.9 Å². The lowest BCUT2D eigenvalue weighted by molar-refractivity contribution is -0.612. The molecule has 0 saturated heterocycles. The van der Waals surface area contributed by atoms with Crippen molar-refractivity contribution in [2.45, 2.75) is 31.5 Å². The van der Waals surface area contributed by atoms with Crippen LogP contribution >= 0.6 is 0 Å². The fraction of sp³-hybridized carbons (Fsp3) is 0.765. The zero-order chi connectivity index (χ0) is 17.0. The summed E-state index contributed by atoms with van der Waals surface area (Å²) in [6.45, 7) is 3.80. The van der Waals surface area contributed by atoms with Gasteiger partial charge in [0.05, 0.1) is 5.41 Å². The first kappa shape index (κ1) is 13.7. The maximum atomic E-state index is 13.2. The van der Waals surface area contributed by atoms with Crippen molar-refractivity contribution in [3.8, 4) is 0 Å². The van der Waals surface area contributed by atoms with E-state index in [1.54, 1.807) is 11.6 Å². The Morgan fingerprint density at radius 1 is 1.21 bits per heavy atom. The van der Waals surface area contributed by atoms with Crippen molar-refractivity contribution in [3.63, 3.8) is 0 Å². The number of hydrogen-bond donors (Lipinski definition) is 1. The second kappa shape index (κ2) is 3.27. The summed E-state index contributed by atoms with van der Waals surface area (Å²) in [6, 6.07) is -0.0443. The van der Waals surface area contributed by atoms with Crippen molar-refractivity contribution < 1.29 is 18.0 Å². The molecular weight excluding hydrogens is 319 g/mol. The van der Waals surface area contributed by atoms with Gasteiger partial charge >= 0.3 is 6.18 Å². The third-order valence-electron chi connectivity index (χ3n) is 8.22. The number of carbonyl (C=O) groups excluding carboxylic acids is 1. The van der Waals surface area contributed by atoms with Crippen LogP contribution < -0.4 is 5.32 Å². The van der Waals surface area contributed by atoms with E-state index in [4.69, 9.17) is 0 Å². The van der Waals surface area contributed by atoms with Crippen LogP contribution in [0.25, 0.3) is 0 Å². The summed E-state index contributed by atoms with van der Waals surface area (Å²) in [7, 11) is 1.68. The molecule has 1 N–H and O–H groups in total. The van der Waals surface area contributed by atoms with Crippen molar-refractivity contribution in [2.24, 2.45) is 40.9 Å². The normalized spacial score (nSPS) is 51.0. The molecule has 6 aliphatic rings. The minimum absolute atomic E-state index is 0.0443. The lowest BCUT2D eigenvalue weighted by Crippen LogP contribution is -3.12. The summed E-state index contributed by atoms with van der Waals surface area (Å²) < 4.78 is 41.2. The predicted molar refractivity (Wildman–Crippen MR) is 76.7 cm³/mol. The second-order valence-corrected chi connectivity index (χ2v) is 8.55. The number of carbonyl (C=O) groups is 1. The SMILES string of the molecule is CNC(=O)C12C3C4C1C1C2C3C41c1nc(C(F)(F)F)cn1C(C)C. The smallest absolute Gasteiger partial charge is 0.359 e. The van der Waals surface area contributed by atoms with Crippen LogP contribution in [0.15, 0.2) is 6.20 Å². The Labute approximate surface area is 136 Å². The molecule has 6 fully saturated rings. The molecule has 7 rings (SSSR count). The standard InChI is InChI=1S/C17H18F3N3O/c1-5(2)23-4-6(17(18,19)20)22-13(23)15-7-10-8(15)12-9(15)11(7)16(10,12)14(24)21-3/h4-5,7-12H,1-3H3,(H,21,24). The van der Waals surface area contributed by atoms with Gasteiger partial charge in [-0.15, -0.1) is 0 Å². The highest BCUT2D eigenvalue weighted by Crippen LogP contribution is 3.09. The molecular formula is C17H18F3N3O. The lowest BCUT2D eigenvalue weighted by atomic mass is 8.92. The monoisotopic (exact) mass is 337 g/mol. The molecule has 1 amide bonds. The van der Waals surface area contributed by atoms with Gasteiger partial charge in [-0.25, -0.2) is 4.98 Å². The molecule has 0 bridgehead atoms. The second-order valence-electron chi connectivity index (χ2n) is 8.55. The summed E-state index contributed by atoms with van der Waals surface area (Å²) in [5.41, 5.74) is -1.08. The van der Waals surface area contributed by atoms with E-state index in [0.29, 0.717) is 41.3 Å². The van der Waals surface area contributed by atoms with Gasteiger partial charge in [-0.1, -0.05) is 0 Å². The summed E-state index contributed by atoms with van der Waals surface area (Å²) in [5, 5.41) is 2.80. The van der Waals surface area contributed by atoms with Crippen LogP contribution in [-0.4, -0.2) is 22.5 Å². The number of imidazole rings is 1. The van der Waals surface area contributed by atoms with E-state index in [2.05, 4.69) is 10.3 Å². The van der Waals surface area contributed by atoms with Gasteiger partial charge in [0.25, 0.3) is 0 Å². The molecule has 24 heavy (non-hydrogen) atoms. The van der Waals surface area contributed by atoms with E-state index in [9.17, 15) is 18.0 Å². The molecule has 1 aromatic heterocycles. The molecule has 6 saturated carbocycles. The Morgan fingerprint density at radius 2 is 1.75 bits per heavy atom. The number of alkyl halides is 3. The zero-order valence-corrected chi connectivity index (χ0v) is 13.6. The molecule has 0 atom stereocenters. The number of nitrogens with zero attached hydrogens (tertiary/aromatic N) is 2. The molecule has 128 valence electrons. The quantitative estimate of drug-likeness (QED) is 0.919. The van der Waals surface area contributed by atoms with Crippen molar-refractivity contribution in [1.29, 1.82) is 0 Å². The minimum atomic E-state index is -4.41. The van der Waals surface area contributed by atoms with Gasteiger partial charge in [0.2, 0.25) is 5.91 Å². The molecule has 1 aromatic rings. The van der Waals surface area contributed by atoms with Gasteiger partial charge in [0.15, 0.2) is 5.69 Å². The fourth-order valence-corrected chi connectivity index (χ4v) is 7.89. The zero-order valence-electron chi connectivity index (χ0n) is 13.6. The first-order valence-corrected chi connectivity index (χ1v) is 8.63. The van der Waals surface area contributed by atoms with Crippen LogP contribution in [0.5, 0.6) is 0 Å². The predicted octanol–water partition coefficient (Wildman–Crippen LogP) is 2.22. The van der Waals surface area contributed by atoms with Crippen LogP contribution in [0.3, 0.4) is 0 Å². The minimum Gasteiger partial charge on any atom is -0.359 e. The third-order valence-corrected chi connectivity index (χ3v) is 8.22. The lowest BCUT2D eigenvalue weighted by Gasteiger charge is -3.10. The first-order chi connectivity index (χ1) is 11.2. The number of halogens is 3. The Morgan fingerprint density at radius 3 is 2.17 bits per heavy atom. The molecule has 0 unspecified atom stereocenters. The van der Waals surface area contributed by atoms with E-state index in [1.807, 2.05) is 13.8 Å². The largest absolute Gasteiger partial charge is 0.434 e. The highest BCUT2D eigenvalue weighted by Gasteiger charge is 3.12. The van der Waals surface area contributed by atoms with Crippen LogP contribution in [0.4, 0.5) is 13.2 Å². The van der Waals surface area contributed by atoms with Gasteiger partial charge in [0, 0.05) is 24.7 Å². The Balaban J connectivity index is 1.42. The van der Waals surface area contributed by atoms with E-state index in [-0.39, 0.29) is 22.8 Å². The van der Waals surface area contributed by atoms with Gasteiger partial charge in [-0.05, 0) is 49.4 Å². The molecule has 0 aliphatic heterocycles. The Hall–Kier alpha value is -1.53.